The molecule has 6 heterocycles. The van der Waals surface area contributed by atoms with E-state index in [9.17, 15) is 0 Å². The molecule has 0 amide bonds. The van der Waals surface area contributed by atoms with Crippen molar-refractivity contribution in [3.63, 3.8) is 0 Å². The van der Waals surface area contributed by atoms with Gasteiger partial charge in [0, 0.05) is 11.1 Å². The lowest BCUT2D eigenvalue weighted by molar-refractivity contribution is 0.483. The van der Waals surface area contributed by atoms with Crippen molar-refractivity contribution in [3.05, 3.63) is 58.0 Å². The number of furan rings is 1. The first kappa shape index (κ1) is 19.4. The maximum Gasteiger partial charge on any atom is 0.218 e. The fourth-order valence-corrected chi connectivity index (χ4v) is 5.39. The molecule has 0 aliphatic rings. The highest BCUT2D eigenvalue weighted by molar-refractivity contribution is 7.26. The predicted octanol–water partition coefficient (Wildman–Crippen LogP) is 5.28. The van der Waals surface area contributed by atoms with Gasteiger partial charge in [0.05, 0.1) is 28.5 Å². The minimum atomic E-state index is 0.485. The van der Waals surface area contributed by atoms with Crippen LogP contribution in [0.5, 0.6) is 0 Å². The first-order valence-corrected chi connectivity index (χ1v) is 11.3. The van der Waals surface area contributed by atoms with Crippen molar-refractivity contribution in [2.45, 2.75) is 34.2 Å². The maximum atomic E-state index is 6.26. The highest BCUT2D eigenvalue weighted by Gasteiger charge is 2.18. The van der Waals surface area contributed by atoms with E-state index in [1.807, 2.05) is 37.6 Å². The van der Waals surface area contributed by atoms with E-state index in [0.717, 1.165) is 54.5 Å². The maximum absolute atomic E-state index is 6.26. The van der Waals surface area contributed by atoms with Crippen LogP contribution in [0.4, 0.5) is 0 Å². The number of rotatable bonds is 3. The van der Waals surface area contributed by atoms with Gasteiger partial charge in [0.1, 0.15) is 21.6 Å². The zero-order valence-corrected chi connectivity index (χ0v) is 19.4. The Morgan fingerprint density at radius 2 is 1.94 bits per heavy atom. The number of pyridine rings is 1. The SMILES string of the molecule is Cc1cc(C)c2c(n1)sc1c2ncn2nc(-c3ccc(Cn4nc(C)c(Cl)c4C)o3)nc12. The molecule has 6 aromatic rings. The Labute approximate surface area is 191 Å². The number of nitrogens with zero attached hydrogens (tertiary/aromatic N) is 7. The highest BCUT2D eigenvalue weighted by Crippen LogP contribution is 2.36. The van der Waals surface area contributed by atoms with Gasteiger partial charge < -0.3 is 4.42 Å². The van der Waals surface area contributed by atoms with E-state index in [2.05, 4.69) is 33.2 Å². The quantitative estimate of drug-likeness (QED) is 0.355. The molecule has 32 heavy (non-hydrogen) atoms. The van der Waals surface area contributed by atoms with Crippen LogP contribution in [0.25, 0.3) is 37.7 Å². The summed E-state index contributed by atoms with van der Waals surface area (Å²) in [6.45, 7) is 8.41. The third-order valence-corrected chi connectivity index (χ3v) is 7.19. The standard InChI is InChI=1S/C22H18ClN7OS/c1-10-7-11(2)25-22-16(10)18-19(32-22)21-26-20(28-30(21)9-24-18)15-6-5-14(31-15)8-29-13(4)17(23)12(3)27-29/h5-7,9H,8H2,1-4H3. The summed E-state index contributed by atoms with van der Waals surface area (Å²) in [5.41, 5.74) is 5.52. The zero-order valence-electron chi connectivity index (χ0n) is 17.8. The molecular formula is C22H18ClN7OS. The summed E-state index contributed by atoms with van der Waals surface area (Å²) in [5, 5.41) is 10.8. The van der Waals surface area contributed by atoms with Gasteiger partial charge in [-0.05, 0) is 51.5 Å². The molecular weight excluding hydrogens is 446 g/mol. The fraction of sp³-hybridized carbons (Fsp3) is 0.227. The van der Waals surface area contributed by atoms with Gasteiger partial charge >= 0.3 is 0 Å². The largest absolute Gasteiger partial charge is 0.456 e. The molecule has 0 unspecified atom stereocenters. The lowest BCUT2D eigenvalue weighted by atomic mass is 10.1. The Hall–Kier alpha value is -3.30. The highest BCUT2D eigenvalue weighted by atomic mass is 35.5. The Bertz CT molecular complexity index is 1670. The monoisotopic (exact) mass is 463 g/mol. The van der Waals surface area contributed by atoms with Crippen molar-refractivity contribution in [1.82, 2.24) is 34.3 Å². The molecule has 0 spiro atoms. The van der Waals surface area contributed by atoms with Gasteiger partial charge in [0.15, 0.2) is 11.4 Å². The molecule has 8 nitrogen and oxygen atoms in total. The fourth-order valence-electron chi connectivity index (χ4n) is 4.03. The van der Waals surface area contributed by atoms with Crippen LogP contribution in [0.3, 0.4) is 0 Å². The minimum absolute atomic E-state index is 0.485. The summed E-state index contributed by atoms with van der Waals surface area (Å²) in [6, 6.07) is 5.87. The van der Waals surface area contributed by atoms with Crippen molar-refractivity contribution in [2.75, 3.05) is 0 Å². The first-order chi connectivity index (χ1) is 15.4. The Morgan fingerprint density at radius 3 is 2.72 bits per heavy atom. The van der Waals surface area contributed by atoms with Crippen molar-refractivity contribution >= 4 is 49.0 Å². The number of thiophene rings is 1. The van der Waals surface area contributed by atoms with Gasteiger partial charge in [-0.2, -0.15) is 5.10 Å². The van der Waals surface area contributed by atoms with Gasteiger partial charge in [-0.1, -0.05) is 11.6 Å². The van der Waals surface area contributed by atoms with Crippen LogP contribution in [0, 0.1) is 27.7 Å². The van der Waals surface area contributed by atoms with Crippen LogP contribution in [0.1, 0.15) is 28.4 Å². The molecule has 0 atom stereocenters. The summed E-state index contributed by atoms with van der Waals surface area (Å²) in [7, 11) is 0. The molecule has 0 radical (unpaired) electrons. The second-order valence-electron chi connectivity index (χ2n) is 7.90. The average molecular weight is 464 g/mol. The normalized spacial score (nSPS) is 12.0. The molecule has 160 valence electrons. The van der Waals surface area contributed by atoms with Crippen LogP contribution in [-0.4, -0.2) is 34.3 Å². The first-order valence-electron chi connectivity index (χ1n) is 10.1. The zero-order chi connectivity index (χ0) is 22.1. The van der Waals surface area contributed by atoms with Crippen molar-refractivity contribution < 1.29 is 4.42 Å². The van der Waals surface area contributed by atoms with Gasteiger partial charge in [-0.25, -0.2) is 19.5 Å². The molecule has 0 aromatic carbocycles. The third kappa shape index (κ3) is 2.85. The lowest BCUT2D eigenvalue weighted by Gasteiger charge is -2.01. The van der Waals surface area contributed by atoms with E-state index >= 15 is 0 Å². The van der Waals surface area contributed by atoms with Crippen LogP contribution >= 0.6 is 22.9 Å². The van der Waals surface area contributed by atoms with E-state index in [0.29, 0.717) is 23.2 Å². The summed E-state index contributed by atoms with van der Waals surface area (Å²) in [4.78, 5) is 15.1. The van der Waals surface area contributed by atoms with Gasteiger partial charge in [-0.3, -0.25) is 4.68 Å². The molecule has 0 saturated heterocycles. The number of aromatic nitrogens is 7. The summed E-state index contributed by atoms with van der Waals surface area (Å²) in [5.74, 6) is 1.85. The Kier molecular flexibility index (Phi) is 4.15. The second kappa shape index (κ2) is 6.85. The summed E-state index contributed by atoms with van der Waals surface area (Å²) >= 11 is 7.85. The van der Waals surface area contributed by atoms with Crippen molar-refractivity contribution in [3.8, 4) is 11.6 Å². The average Bonchev–Trinajstić information content (AvgIpc) is 3.50. The van der Waals surface area contributed by atoms with E-state index in [-0.39, 0.29) is 0 Å². The van der Waals surface area contributed by atoms with Crippen molar-refractivity contribution in [2.24, 2.45) is 0 Å². The van der Waals surface area contributed by atoms with E-state index < -0.39 is 0 Å². The van der Waals surface area contributed by atoms with Crippen LogP contribution in [-0.2, 0) is 6.54 Å². The number of halogens is 1. The number of hydrogen-bond donors (Lipinski definition) is 0. The number of hydrogen-bond acceptors (Lipinski definition) is 7. The van der Waals surface area contributed by atoms with Crippen LogP contribution in [0.2, 0.25) is 5.02 Å². The summed E-state index contributed by atoms with van der Waals surface area (Å²) in [6.07, 6.45) is 1.70. The van der Waals surface area contributed by atoms with Crippen molar-refractivity contribution in [1.29, 1.82) is 0 Å². The molecule has 0 fully saturated rings. The smallest absolute Gasteiger partial charge is 0.218 e. The lowest BCUT2D eigenvalue weighted by Crippen LogP contribution is -2.02. The molecule has 0 saturated carbocycles. The number of fused-ring (bicyclic) bond motifs is 5. The Balaban J connectivity index is 1.43. The van der Waals surface area contributed by atoms with Crippen LogP contribution < -0.4 is 0 Å². The van der Waals surface area contributed by atoms with E-state index in [4.69, 9.17) is 21.0 Å². The van der Waals surface area contributed by atoms with E-state index in [1.54, 1.807) is 22.2 Å². The van der Waals surface area contributed by atoms with Crippen LogP contribution in [0.15, 0.2) is 28.9 Å². The minimum Gasteiger partial charge on any atom is -0.456 e. The topological polar surface area (TPSA) is 86.9 Å². The van der Waals surface area contributed by atoms with Gasteiger partial charge in [0.25, 0.3) is 0 Å². The molecule has 0 aliphatic heterocycles. The van der Waals surface area contributed by atoms with Gasteiger partial charge in [-0.15, -0.1) is 16.4 Å². The Morgan fingerprint density at radius 1 is 1.09 bits per heavy atom. The second-order valence-corrected chi connectivity index (χ2v) is 9.27. The third-order valence-electron chi connectivity index (χ3n) is 5.57. The van der Waals surface area contributed by atoms with E-state index in [1.165, 1.54) is 0 Å². The molecule has 10 heteroatoms. The molecule has 6 rings (SSSR count). The number of aryl methyl sites for hydroxylation is 3. The molecule has 0 bridgehead atoms. The summed E-state index contributed by atoms with van der Waals surface area (Å²) < 4.78 is 10.5. The molecule has 6 aromatic heterocycles. The molecule has 0 N–H and O–H groups in total. The predicted molar refractivity (Wildman–Crippen MR) is 124 cm³/mol. The molecule has 0 aliphatic carbocycles. The van der Waals surface area contributed by atoms with Gasteiger partial charge in [0.2, 0.25) is 5.82 Å².